The summed E-state index contributed by atoms with van der Waals surface area (Å²) in [6, 6.07) is 39.0. The number of nitrogens with zero attached hydrogens (tertiary/aromatic N) is 21. The molecule has 638 valence electrons. The summed E-state index contributed by atoms with van der Waals surface area (Å²) < 4.78 is 28.6. The van der Waals surface area contributed by atoms with Crippen molar-refractivity contribution in [2.45, 2.75) is 147 Å². The fraction of sp³-hybridized carbons (Fsp3) is 0.333. The molecule has 0 radical (unpaired) electrons. The minimum absolute atomic E-state index is 0.0326. The summed E-state index contributed by atoms with van der Waals surface area (Å²) in [5.74, 6) is -2.07. The molecule has 3 aromatic carbocycles. The van der Waals surface area contributed by atoms with Crippen molar-refractivity contribution in [3.63, 3.8) is 0 Å². The highest BCUT2D eigenvalue weighted by Gasteiger charge is 2.53. The number of nitrogens with one attached hydrogen (secondary N) is 2. The van der Waals surface area contributed by atoms with Crippen molar-refractivity contribution in [2.75, 3.05) is 88.7 Å². The molecule has 1 amide bonds. The summed E-state index contributed by atoms with van der Waals surface area (Å²) in [4.78, 5) is 65.0. The van der Waals surface area contributed by atoms with E-state index in [1.807, 2.05) is 42.9 Å². The van der Waals surface area contributed by atoms with Gasteiger partial charge >= 0.3 is 11.8 Å². The van der Waals surface area contributed by atoms with Crippen LogP contribution in [0, 0.1) is 21.7 Å². The maximum Gasteiger partial charge on any atom is 0.354 e. The third-order valence-corrected chi connectivity index (χ3v) is 31.1. The van der Waals surface area contributed by atoms with Crippen molar-refractivity contribution in [1.82, 2.24) is 90.6 Å². The number of nitrogens with two attached hydrogens (primary N) is 6. The second-order valence-electron chi connectivity index (χ2n) is 33.1. The van der Waals surface area contributed by atoms with E-state index >= 15 is 0 Å². The lowest BCUT2D eigenvalue weighted by Crippen LogP contribution is -2.45. The van der Waals surface area contributed by atoms with Gasteiger partial charge < -0.3 is 64.3 Å². The molecule has 0 saturated carbocycles. The minimum atomic E-state index is -3.64. The third-order valence-electron chi connectivity index (χ3n) is 26.3. The number of anilines is 7. The number of carbonyl (C=O) groups excluding carboxylic acids is 1. The standard InChI is InChI=1S/C23H21F2N7OS.C23H23N7S.C21H22ClN7S.C20H21ClN8S/c24-23(25)17-15(5-8-27-19(17)29-20(23)33)34-16-12-28-21(31-30-16)32-9-6-22(7-10-32)11-13-3-1-2-4-14(13)18(22)26;24-20-16-4-2-1-3-15(16)13-23(20)7-11-30(12-8-23)22-27-14-19(28-29-22)31-18-6-10-26-21-17(18)5-9-25-21;22-17-15(5-8-25-19(17)24)30-16-12-26-20(28-27-16)29-9-6-21(7-10-29)11-13-3-1-2-4-14(13)18(21)23;21-16-14(3-7-25-18(16)23)30-15-11-26-19(28-27-15)29-8-4-20(5-9-29)10-13-12(17(20)22)2-1-6-24-13/h1-5,8,12,18H,6-7,9-11,26H2,(H,27,29,33);1-6,9-10,14,20H,7-8,11-13,24H2,(H,25,26);1-5,8,12,18H,6-7,9-11,23H2,(H2,24,25);1-3,6-7,11,17H,4-5,8-10,22H2,(H2,23,25)/t18-;20-;18-;17-/m1111/s1. The number of aromatic nitrogens is 18. The van der Waals surface area contributed by atoms with Crippen molar-refractivity contribution in [2.24, 2.45) is 44.6 Å². The van der Waals surface area contributed by atoms with Crippen molar-refractivity contribution < 1.29 is 13.6 Å². The molecule has 9 aliphatic rings. The fourth-order valence-electron chi connectivity index (χ4n) is 19.2. The molecule has 4 fully saturated rings. The van der Waals surface area contributed by atoms with Gasteiger partial charge in [0.2, 0.25) is 23.8 Å². The third kappa shape index (κ3) is 16.4. The maximum absolute atomic E-state index is 14.3. The second kappa shape index (κ2) is 34.7. The summed E-state index contributed by atoms with van der Waals surface area (Å²) >= 11 is 17.7. The Morgan fingerprint density at radius 1 is 0.384 bits per heavy atom. The smallest absolute Gasteiger partial charge is 0.354 e. The van der Waals surface area contributed by atoms with E-state index in [1.165, 1.54) is 80.9 Å². The summed E-state index contributed by atoms with van der Waals surface area (Å²) in [7, 11) is 0. The summed E-state index contributed by atoms with van der Waals surface area (Å²) in [5.41, 5.74) is 49.4. The Hall–Kier alpha value is -11.1. The monoisotopic (exact) mass is 1790 g/mol. The van der Waals surface area contributed by atoms with Gasteiger partial charge in [0.15, 0.2) is 0 Å². The van der Waals surface area contributed by atoms with Crippen LogP contribution in [0.4, 0.5) is 50.0 Å². The van der Waals surface area contributed by atoms with Gasteiger partial charge in [-0.1, -0.05) is 149 Å². The van der Waals surface area contributed by atoms with Gasteiger partial charge in [-0.05, 0) is 174 Å². The van der Waals surface area contributed by atoms with E-state index in [9.17, 15) is 13.6 Å². The molecule has 4 aliphatic carbocycles. The van der Waals surface area contributed by atoms with Crippen LogP contribution in [0.15, 0.2) is 217 Å². The van der Waals surface area contributed by atoms with E-state index in [0.717, 1.165) is 178 Å². The predicted molar refractivity (Wildman–Crippen MR) is 478 cm³/mol. The average molecular weight is 1790 g/mol. The molecule has 14 N–H and O–H groups in total. The molecule has 0 bridgehead atoms. The second-order valence-corrected chi connectivity index (χ2v) is 38.1. The molecular weight excluding hydrogens is 1700 g/mol. The van der Waals surface area contributed by atoms with E-state index in [1.54, 1.807) is 54.9 Å². The van der Waals surface area contributed by atoms with Crippen LogP contribution >= 0.6 is 70.2 Å². The lowest BCUT2D eigenvalue weighted by Gasteiger charge is -2.42. The number of aromatic amines is 1. The number of carbonyl (C=O) groups is 1. The van der Waals surface area contributed by atoms with Gasteiger partial charge in [-0.2, -0.15) is 8.78 Å². The van der Waals surface area contributed by atoms with Gasteiger partial charge in [-0.15, -0.1) is 40.8 Å². The Bertz CT molecular complexity index is 5950. The molecule has 5 aliphatic heterocycles. The first-order valence-corrected chi connectivity index (χ1v) is 45.3. The fourth-order valence-corrected chi connectivity index (χ4v) is 22.8. The number of benzene rings is 3. The van der Waals surface area contributed by atoms with Crippen molar-refractivity contribution in [3.8, 4) is 0 Å². The van der Waals surface area contributed by atoms with E-state index in [2.05, 4.69) is 188 Å². The molecular formula is C87H87Cl2F2N29OS4. The molecule has 4 spiro atoms. The summed E-state index contributed by atoms with van der Waals surface area (Å²) in [6.45, 7) is 6.81. The SMILES string of the molecule is N[C@@H]1c2ccccc2CC12CCN(c1ncc(Sc3ccnc4[nH]ccc34)nn1)CC2.N[C@@H]1c2ccccc2CC12CCN(c1ncc(Sc3ccnc4c3C(F)(F)C(=O)N4)nn1)CC2.Nc1nccc(Sc2cnc(N3CCC4(CC3)Cc3ccccc3[C@H]4N)nn2)c1Cl.Nc1nccc(Sc2cnc(N3CCC4(CC3)Cc3ncccc3[C@H]4N)nn2)c1Cl. The van der Waals surface area contributed by atoms with Crippen LogP contribution in [0.1, 0.15) is 126 Å². The zero-order chi connectivity index (χ0) is 85.8. The summed E-state index contributed by atoms with van der Waals surface area (Å²) in [6.07, 6.45) is 29.0. The van der Waals surface area contributed by atoms with Gasteiger partial charge in [0.05, 0.1) is 40.4 Å². The molecule has 10 aromatic heterocycles. The number of pyridine rings is 5. The van der Waals surface area contributed by atoms with Crippen LogP contribution in [0.25, 0.3) is 11.0 Å². The predicted octanol–water partition coefficient (Wildman–Crippen LogP) is 13.4. The average Bonchev–Trinajstić information content (AvgIpc) is 1.62. The number of hydrogen-bond donors (Lipinski definition) is 8. The highest BCUT2D eigenvalue weighted by atomic mass is 35.5. The number of halogens is 4. The maximum atomic E-state index is 14.3. The van der Waals surface area contributed by atoms with Gasteiger partial charge in [0, 0.05) is 144 Å². The van der Waals surface area contributed by atoms with Gasteiger partial charge in [0.1, 0.15) is 43.2 Å². The normalized spacial score (nSPS) is 20.4. The van der Waals surface area contributed by atoms with Crippen LogP contribution in [0.3, 0.4) is 0 Å². The molecule has 125 heavy (non-hydrogen) atoms. The lowest BCUT2D eigenvalue weighted by atomic mass is 9.73. The van der Waals surface area contributed by atoms with Gasteiger partial charge in [-0.25, -0.2) is 39.9 Å². The van der Waals surface area contributed by atoms with Crippen molar-refractivity contribution in [1.29, 1.82) is 0 Å². The highest BCUT2D eigenvalue weighted by molar-refractivity contribution is 8.00. The number of hydrogen-bond acceptors (Lipinski definition) is 32. The lowest BCUT2D eigenvalue weighted by molar-refractivity contribution is -0.139. The van der Waals surface area contributed by atoms with Crippen molar-refractivity contribution in [3.05, 3.63) is 237 Å². The van der Waals surface area contributed by atoms with E-state index in [4.69, 9.17) is 57.6 Å². The first-order chi connectivity index (χ1) is 60.7. The molecule has 30 nitrogen and oxygen atoms in total. The first kappa shape index (κ1) is 83.5. The summed E-state index contributed by atoms with van der Waals surface area (Å²) in [5, 5.41) is 41.1. The Morgan fingerprint density at radius 2 is 0.736 bits per heavy atom. The van der Waals surface area contributed by atoms with Gasteiger partial charge in [0.25, 0.3) is 0 Å². The quantitative estimate of drug-likeness (QED) is 0.0563. The van der Waals surface area contributed by atoms with E-state index in [-0.39, 0.29) is 56.5 Å². The number of piperidine rings is 4. The Labute approximate surface area is 745 Å². The number of rotatable bonds is 12. The van der Waals surface area contributed by atoms with Gasteiger partial charge in [-0.3, -0.25) is 9.78 Å². The Kier molecular flexibility index (Phi) is 23.2. The van der Waals surface area contributed by atoms with Crippen LogP contribution in [-0.4, -0.2) is 149 Å². The number of alkyl halides is 2. The molecule has 4 saturated heterocycles. The molecule has 38 heteroatoms. The van der Waals surface area contributed by atoms with E-state index < -0.39 is 17.4 Å². The zero-order valence-electron chi connectivity index (χ0n) is 67.6. The Morgan fingerprint density at radius 3 is 1.14 bits per heavy atom. The number of H-pyrrole nitrogens is 1. The van der Waals surface area contributed by atoms with Crippen LogP contribution in [0.2, 0.25) is 10.0 Å². The molecule has 0 unspecified atom stereocenters. The number of fused-ring (bicyclic) bond motifs is 6. The van der Waals surface area contributed by atoms with Crippen LogP contribution in [-0.2, 0) is 36.4 Å². The molecule has 22 rings (SSSR count). The first-order valence-electron chi connectivity index (χ1n) is 41.3. The van der Waals surface area contributed by atoms with Crippen LogP contribution < -0.4 is 59.3 Å². The van der Waals surface area contributed by atoms with Crippen LogP contribution in [0.5, 0.6) is 0 Å². The molecule has 15 heterocycles. The van der Waals surface area contributed by atoms with Crippen molar-refractivity contribution >= 4 is 128 Å². The highest BCUT2D eigenvalue weighted by Crippen LogP contribution is 2.56. The Balaban J connectivity index is 0.000000109. The molecule has 13 aromatic rings. The minimum Gasteiger partial charge on any atom is -0.382 e. The number of nitrogen functional groups attached to an aromatic ring is 2. The topological polar surface area (TPSA) is 433 Å². The number of amides is 1. The zero-order valence-corrected chi connectivity index (χ0v) is 72.4. The van der Waals surface area contributed by atoms with E-state index in [0.29, 0.717) is 60.6 Å². The molecule has 4 atom stereocenters. The largest absolute Gasteiger partial charge is 0.382 e.